The van der Waals surface area contributed by atoms with Crippen molar-refractivity contribution < 1.29 is 15.6 Å². The molecule has 40 heavy (non-hydrogen) atoms. The van der Waals surface area contributed by atoms with E-state index in [1.807, 2.05) is 35.8 Å². The topological polar surface area (TPSA) is 140 Å². The zero-order valence-corrected chi connectivity index (χ0v) is 23.3. The number of nitrogens with zero attached hydrogens (tertiary/aromatic N) is 7. The van der Waals surface area contributed by atoms with E-state index in [2.05, 4.69) is 4.90 Å². The number of aromatic nitrogens is 3. The second-order valence-corrected chi connectivity index (χ2v) is 10.1. The number of likely N-dealkylation sites (N-methyl/N-ethyl adjacent to an activating group) is 3. The number of hydrogen-bond donors (Lipinski definition) is 3. The lowest BCUT2D eigenvalue weighted by molar-refractivity contribution is 0.135. The summed E-state index contributed by atoms with van der Waals surface area (Å²) >= 11 is 0. The maximum absolute atomic E-state index is 11.7. The van der Waals surface area contributed by atoms with Gasteiger partial charge in [0, 0.05) is 77.1 Å². The van der Waals surface area contributed by atoms with E-state index in [4.69, 9.17) is 0 Å². The molecule has 0 amide bonds. The molecule has 0 fully saturated rings. The van der Waals surface area contributed by atoms with Gasteiger partial charge in [-0.2, -0.15) is 14.2 Å². The quantitative estimate of drug-likeness (QED) is 0.217. The number of rotatable bonds is 15. The van der Waals surface area contributed by atoms with Gasteiger partial charge in [-0.15, -0.1) is 0 Å². The molecular weight excluding hydrogens is 518 g/mol. The lowest BCUT2D eigenvalue weighted by Gasteiger charge is -2.29. The molecule has 0 radical (unpaired) electrons. The minimum atomic E-state index is -0.475. The molecule has 0 spiro atoms. The van der Waals surface area contributed by atoms with Crippen molar-refractivity contribution >= 4 is 0 Å². The van der Waals surface area contributed by atoms with Crippen molar-refractivity contribution in [3.63, 3.8) is 0 Å². The van der Waals surface area contributed by atoms with Gasteiger partial charge in [0.25, 0.3) is 16.7 Å². The van der Waals surface area contributed by atoms with Crippen molar-refractivity contribution in [2.75, 3.05) is 60.4 Å². The smallest absolute Gasteiger partial charge is 0.283 e. The van der Waals surface area contributed by atoms with Crippen LogP contribution >= 0.6 is 0 Å². The lowest BCUT2D eigenvalue weighted by atomic mass is 10.3. The molecule has 0 aromatic carbocycles. The first-order valence-electron chi connectivity index (χ1n) is 13.0. The summed E-state index contributed by atoms with van der Waals surface area (Å²) in [5, 5.41) is 30.0. The van der Waals surface area contributed by atoms with Gasteiger partial charge in [0.1, 0.15) is 0 Å². The van der Waals surface area contributed by atoms with Crippen molar-refractivity contribution in [1.82, 2.24) is 33.8 Å². The first kappa shape index (κ1) is 30.6. The Morgan fingerprint density at radius 1 is 0.500 bits per heavy atom. The highest BCUT2D eigenvalue weighted by Crippen LogP contribution is 2.04. The van der Waals surface area contributed by atoms with Crippen LogP contribution in [-0.2, 0) is 19.6 Å². The fraction of sp³-hybridized carbons (Fsp3) is 0.444. The maximum atomic E-state index is 11.7. The number of hydrogen-bond acceptors (Lipinski definition) is 10. The molecule has 13 nitrogen and oxygen atoms in total. The standard InChI is InChI=1S/C27H39N7O6/c1-28(19-22-7-4-10-25(35)32(22)38)13-16-31(17-14-29(2)20-23-8-5-11-26(36)33(23)39)18-15-30(3)21-24-9-6-12-27(37)34(24)40/h4-12,38-40H,13-21H2,1-3H3. The summed E-state index contributed by atoms with van der Waals surface area (Å²) in [5.41, 5.74) is 0.0663. The molecule has 0 saturated carbocycles. The highest BCUT2D eigenvalue weighted by atomic mass is 16.5. The Labute approximate surface area is 232 Å². The molecule has 3 N–H and O–H groups in total. The first-order valence-corrected chi connectivity index (χ1v) is 13.0. The molecule has 0 atom stereocenters. The molecule has 218 valence electrons. The second kappa shape index (κ2) is 14.5. The number of pyridine rings is 3. The Kier molecular flexibility index (Phi) is 11.1. The average Bonchev–Trinajstić information content (AvgIpc) is 2.91. The van der Waals surface area contributed by atoms with Gasteiger partial charge in [-0.05, 0) is 39.3 Å². The Morgan fingerprint density at radius 3 is 1.05 bits per heavy atom. The van der Waals surface area contributed by atoms with Crippen LogP contribution < -0.4 is 16.7 Å². The average molecular weight is 558 g/mol. The minimum Gasteiger partial charge on any atom is -0.425 e. The molecule has 3 heterocycles. The Hall–Kier alpha value is -3.91. The zero-order chi connectivity index (χ0) is 29.2. The van der Waals surface area contributed by atoms with Crippen LogP contribution in [0.5, 0.6) is 0 Å². The van der Waals surface area contributed by atoms with E-state index >= 15 is 0 Å². The van der Waals surface area contributed by atoms with E-state index in [9.17, 15) is 30.0 Å². The summed E-state index contributed by atoms with van der Waals surface area (Å²) in [6, 6.07) is 13.9. The van der Waals surface area contributed by atoms with Crippen molar-refractivity contribution in [2.24, 2.45) is 0 Å². The van der Waals surface area contributed by atoms with E-state index in [-0.39, 0.29) is 0 Å². The largest absolute Gasteiger partial charge is 0.425 e. The van der Waals surface area contributed by atoms with Crippen LogP contribution in [-0.4, -0.2) is 110 Å². The molecular formula is C27H39N7O6. The molecule has 0 aliphatic carbocycles. The van der Waals surface area contributed by atoms with E-state index in [1.54, 1.807) is 36.4 Å². The van der Waals surface area contributed by atoms with Gasteiger partial charge in [0.15, 0.2) is 0 Å². The SMILES string of the molecule is CN(CCN(CCN(C)Cc1cccc(=O)n1O)CCN(C)Cc1cccc(=O)n1O)Cc1cccc(=O)n1O. The summed E-state index contributed by atoms with van der Waals surface area (Å²) < 4.78 is 1.98. The van der Waals surface area contributed by atoms with Crippen LogP contribution in [0.2, 0.25) is 0 Å². The van der Waals surface area contributed by atoms with Crippen molar-refractivity contribution in [2.45, 2.75) is 19.6 Å². The van der Waals surface area contributed by atoms with E-state index in [0.29, 0.717) is 90.2 Å². The highest BCUT2D eigenvalue weighted by molar-refractivity contribution is 5.06. The van der Waals surface area contributed by atoms with E-state index in [0.717, 1.165) is 0 Å². The first-order chi connectivity index (χ1) is 19.0. The van der Waals surface area contributed by atoms with Crippen molar-refractivity contribution in [1.29, 1.82) is 0 Å². The molecule has 3 aromatic rings. The summed E-state index contributed by atoms with van der Waals surface area (Å²) in [4.78, 5) is 43.5. The summed E-state index contributed by atoms with van der Waals surface area (Å²) in [7, 11) is 5.75. The van der Waals surface area contributed by atoms with Gasteiger partial charge < -0.3 is 15.6 Å². The third-order valence-electron chi connectivity index (χ3n) is 6.71. The molecule has 3 aromatic heterocycles. The Morgan fingerprint density at radius 2 is 0.775 bits per heavy atom. The van der Waals surface area contributed by atoms with E-state index < -0.39 is 16.7 Å². The van der Waals surface area contributed by atoms with Gasteiger partial charge >= 0.3 is 0 Å². The van der Waals surface area contributed by atoms with Crippen LogP contribution in [0, 0.1) is 0 Å². The van der Waals surface area contributed by atoms with Gasteiger partial charge in [0.2, 0.25) is 0 Å². The minimum absolute atomic E-state index is 0.393. The second-order valence-electron chi connectivity index (χ2n) is 10.1. The van der Waals surface area contributed by atoms with Gasteiger partial charge in [0.05, 0.1) is 17.1 Å². The van der Waals surface area contributed by atoms with E-state index in [1.165, 1.54) is 18.2 Å². The van der Waals surface area contributed by atoms with Crippen LogP contribution in [0.3, 0.4) is 0 Å². The summed E-state index contributed by atoms with van der Waals surface area (Å²) in [5.74, 6) is 0. The lowest BCUT2D eigenvalue weighted by Crippen LogP contribution is -2.42. The molecule has 0 aliphatic heterocycles. The molecule has 0 unspecified atom stereocenters. The summed E-state index contributed by atoms with van der Waals surface area (Å²) in [6.45, 7) is 5.28. The fourth-order valence-corrected chi connectivity index (χ4v) is 4.27. The van der Waals surface area contributed by atoms with Gasteiger partial charge in [-0.3, -0.25) is 34.0 Å². The Balaban J connectivity index is 1.60. The molecule has 0 aliphatic rings. The predicted molar refractivity (Wildman–Crippen MR) is 149 cm³/mol. The fourth-order valence-electron chi connectivity index (χ4n) is 4.27. The van der Waals surface area contributed by atoms with Crippen LogP contribution in [0.4, 0.5) is 0 Å². The third-order valence-corrected chi connectivity index (χ3v) is 6.71. The van der Waals surface area contributed by atoms with Crippen molar-refractivity contribution in [3.8, 4) is 0 Å². The van der Waals surface area contributed by atoms with Gasteiger partial charge in [-0.1, -0.05) is 18.2 Å². The molecule has 0 bridgehead atoms. The Bertz CT molecular complexity index is 1250. The van der Waals surface area contributed by atoms with Crippen LogP contribution in [0.25, 0.3) is 0 Å². The summed E-state index contributed by atoms with van der Waals surface area (Å²) in [6.07, 6.45) is 0. The molecule has 13 heteroatoms. The zero-order valence-electron chi connectivity index (χ0n) is 23.3. The van der Waals surface area contributed by atoms with Gasteiger partial charge in [-0.25, -0.2) is 0 Å². The van der Waals surface area contributed by atoms with Crippen molar-refractivity contribution in [3.05, 3.63) is 103 Å². The predicted octanol–water partition coefficient (Wildman–Crippen LogP) is -0.119. The highest BCUT2D eigenvalue weighted by Gasteiger charge is 2.14. The van der Waals surface area contributed by atoms with Crippen LogP contribution in [0.1, 0.15) is 17.1 Å². The maximum Gasteiger partial charge on any atom is 0.283 e. The third kappa shape index (κ3) is 8.81. The monoisotopic (exact) mass is 557 g/mol. The molecule has 0 saturated heterocycles. The van der Waals surface area contributed by atoms with Crippen LogP contribution in [0.15, 0.2) is 69.0 Å². The molecule has 3 rings (SSSR count). The normalized spacial score (nSPS) is 11.8.